The minimum Gasteiger partial charge on any atom is -0.352 e. The molecule has 3 heterocycles. The Morgan fingerprint density at radius 3 is 2.72 bits per heavy atom. The van der Waals surface area contributed by atoms with Crippen LogP contribution in [0.25, 0.3) is 5.65 Å². The van der Waals surface area contributed by atoms with Crippen LogP contribution < -0.4 is 4.90 Å². The van der Waals surface area contributed by atoms with E-state index in [0.717, 1.165) is 5.82 Å². The summed E-state index contributed by atoms with van der Waals surface area (Å²) in [7, 11) is -2.05. The molecule has 10 heteroatoms. The molecule has 8 nitrogen and oxygen atoms in total. The first kappa shape index (κ1) is 16.2. The van der Waals surface area contributed by atoms with E-state index in [4.69, 9.17) is 11.6 Å². The second-order valence-electron chi connectivity index (χ2n) is 5.84. The molecule has 1 saturated heterocycles. The zero-order valence-corrected chi connectivity index (χ0v) is 14.9. The largest absolute Gasteiger partial charge is 0.352 e. The third kappa shape index (κ3) is 2.74. The van der Waals surface area contributed by atoms with Gasteiger partial charge in [0.1, 0.15) is 17.0 Å². The summed E-state index contributed by atoms with van der Waals surface area (Å²) >= 11 is 6.05. The van der Waals surface area contributed by atoms with Gasteiger partial charge < -0.3 is 4.90 Å². The molecule has 25 heavy (non-hydrogen) atoms. The maximum absolute atomic E-state index is 12.8. The van der Waals surface area contributed by atoms with Gasteiger partial charge in [0.15, 0.2) is 5.65 Å². The number of rotatable bonds is 4. The van der Waals surface area contributed by atoms with Crippen LogP contribution >= 0.6 is 11.6 Å². The zero-order chi connectivity index (χ0) is 17.6. The van der Waals surface area contributed by atoms with E-state index in [9.17, 15) is 8.42 Å². The maximum atomic E-state index is 12.8. The van der Waals surface area contributed by atoms with E-state index in [2.05, 4.69) is 15.3 Å². The number of aromatic nitrogens is 4. The molecule has 1 aliphatic heterocycles. The molecule has 0 N–H and O–H groups in total. The van der Waals surface area contributed by atoms with Gasteiger partial charge in [-0.3, -0.25) is 0 Å². The number of hydrogen-bond donors (Lipinski definition) is 0. The molecule has 3 aromatic rings. The summed E-state index contributed by atoms with van der Waals surface area (Å²) < 4.78 is 28.5. The lowest BCUT2D eigenvalue weighted by molar-refractivity contribution is 0.309. The highest BCUT2D eigenvalue weighted by Gasteiger charge is 2.37. The van der Waals surface area contributed by atoms with E-state index >= 15 is 0 Å². The molecule has 1 fully saturated rings. The average molecular weight is 379 g/mol. The summed E-state index contributed by atoms with van der Waals surface area (Å²) in [4.78, 5) is 2.13. The number of likely N-dealkylation sites (N-methyl/N-ethyl adjacent to an activating group) is 1. The number of sulfonamides is 1. The molecule has 0 amide bonds. The highest BCUT2D eigenvalue weighted by molar-refractivity contribution is 7.89. The van der Waals surface area contributed by atoms with Crippen LogP contribution in [0.3, 0.4) is 0 Å². The Morgan fingerprint density at radius 1 is 1.20 bits per heavy atom. The summed E-state index contributed by atoms with van der Waals surface area (Å²) in [5, 5.41) is 12.3. The van der Waals surface area contributed by atoms with Crippen LogP contribution in [0.1, 0.15) is 0 Å². The van der Waals surface area contributed by atoms with Crippen molar-refractivity contribution in [2.45, 2.75) is 10.9 Å². The molecule has 2 aromatic heterocycles. The number of nitrogens with zero attached hydrogens (tertiary/aromatic N) is 6. The van der Waals surface area contributed by atoms with Gasteiger partial charge in [0, 0.05) is 20.1 Å². The second-order valence-corrected chi connectivity index (χ2v) is 8.21. The van der Waals surface area contributed by atoms with Gasteiger partial charge >= 0.3 is 0 Å². The van der Waals surface area contributed by atoms with E-state index in [1.165, 1.54) is 16.7 Å². The molecule has 1 aromatic carbocycles. The lowest BCUT2D eigenvalue weighted by Gasteiger charge is -2.43. The number of hydrogen-bond acceptors (Lipinski definition) is 6. The Kier molecular flexibility index (Phi) is 3.86. The quantitative estimate of drug-likeness (QED) is 0.680. The number of benzene rings is 1. The third-order valence-corrected chi connectivity index (χ3v) is 6.75. The van der Waals surface area contributed by atoms with Gasteiger partial charge in [0.05, 0.1) is 11.1 Å². The van der Waals surface area contributed by atoms with E-state index in [0.29, 0.717) is 18.7 Å². The fourth-order valence-electron chi connectivity index (χ4n) is 2.76. The smallest absolute Gasteiger partial charge is 0.244 e. The molecular weight excluding hydrogens is 364 g/mol. The summed E-state index contributed by atoms with van der Waals surface area (Å²) in [6, 6.07) is 10.0. The minimum atomic E-state index is -3.63. The standard InChI is InChI=1S/C15H15ClN6O2S/c1-20(25(23,24)13-5-3-2-4-12(13)16)11-8-21(9-11)15-7-6-14-18-17-10-22(14)19-15/h2-7,10-11H,8-9H2,1H3. The summed E-state index contributed by atoms with van der Waals surface area (Å²) in [5.41, 5.74) is 0.666. The van der Waals surface area contributed by atoms with Gasteiger partial charge in [0.25, 0.3) is 0 Å². The Hall–Kier alpha value is -2.23. The molecule has 0 aliphatic carbocycles. The van der Waals surface area contributed by atoms with Crippen LogP contribution in [-0.2, 0) is 10.0 Å². The predicted octanol–water partition coefficient (Wildman–Crippen LogP) is 1.29. The van der Waals surface area contributed by atoms with Gasteiger partial charge in [-0.15, -0.1) is 15.3 Å². The molecule has 1 aliphatic rings. The molecular formula is C15H15ClN6O2S. The van der Waals surface area contributed by atoms with Gasteiger partial charge in [0.2, 0.25) is 10.0 Å². The van der Waals surface area contributed by atoms with Crippen molar-refractivity contribution >= 4 is 33.1 Å². The lowest BCUT2D eigenvalue weighted by Crippen LogP contribution is -2.60. The Labute approximate surface area is 149 Å². The Morgan fingerprint density at radius 2 is 1.96 bits per heavy atom. The second kappa shape index (κ2) is 5.94. The van der Waals surface area contributed by atoms with E-state index in [1.54, 1.807) is 29.8 Å². The molecule has 0 atom stereocenters. The van der Waals surface area contributed by atoms with Crippen molar-refractivity contribution in [3.05, 3.63) is 47.7 Å². The van der Waals surface area contributed by atoms with Crippen molar-refractivity contribution in [1.82, 2.24) is 24.1 Å². The van der Waals surface area contributed by atoms with Crippen molar-refractivity contribution in [1.29, 1.82) is 0 Å². The summed E-state index contributed by atoms with van der Waals surface area (Å²) in [6.45, 7) is 1.11. The molecule has 0 unspecified atom stereocenters. The van der Waals surface area contributed by atoms with Gasteiger partial charge in [-0.05, 0) is 24.3 Å². The van der Waals surface area contributed by atoms with E-state index in [1.807, 2.05) is 17.0 Å². The van der Waals surface area contributed by atoms with Crippen molar-refractivity contribution in [2.24, 2.45) is 0 Å². The molecule has 0 spiro atoms. The fourth-order valence-corrected chi connectivity index (χ4v) is 4.59. The van der Waals surface area contributed by atoms with Gasteiger partial charge in [-0.1, -0.05) is 23.7 Å². The first-order valence-electron chi connectivity index (χ1n) is 7.61. The van der Waals surface area contributed by atoms with Crippen LogP contribution in [0.15, 0.2) is 47.6 Å². The highest BCUT2D eigenvalue weighted by atomic mass is 35.5. The molecule has 0 saturated carbocycles. The topological polar surface area (TPSA) is 83.7 Å². The molecule has 0 bridgehead atoms. The van der Waals surface area contributed by atoms with Crippen molar-refractivity contribution in [3.63, 3.8) is 0 Å². The monoisotopic (exact) mass is 378 g/mol. The SMILES string of the molecule is CN(C1CN(c2ccc3nncn3n2)C1)S(=O)(=O)c1ccccc1Cl. The Bertz CT molecular complexity index is 1030. The first-order chi connectivity index (χ1) is 12.0. The average Bonchev–Trinajstić information content (AvgIpc) is 3.01. The number of fused-ring (bicyclic) bond motifs is 1. The normalized spacial score (nSPS) is 15.7. The third-order valence-electron chi connectivity index (χ3n) is 4.34. The van der Waals surface area contributed by atoms with Crippen molar-refractivity contribution < 1.29 is 8.42 Å². The van der Waals surface area contributed by atoms with Crippen molar-refractivity contribution in [2.75, 3.05) is 25.0 Å². The first-order valence-corrected chi connectivity index (χ1v) is 9.43. The number of anilines is 1. The number of halogens is 1. The Balaban J connectivity index is 1.50. The summed E-state index contributed by atoms with van der Waals surface area (Å²) in [6.07, 6.45) is 1.53. The van der Waals surface area contributed by atoms with Crippen LogP contribution in [0, 0.1) is 0 Å². The fraction of sp³-hybridized carbons (Fsp3) is 0.267. The van der Waals surface area contributed by atoms with Crippen LogP contribution in [0.5, 0.6) is 0 Å². The summed E-state index contributed by atoms with van der Waals surface area (Å²) in [5.74, 6) is 0.757. The van der Waals surface area contributed by atoms with E-state index < -0.39 is 10.0 Å². The molecule has 0 radical (unpaired) electrons. The van der Waals surface area contributed by atoms with Crippen LogP contribution in [-0.4, -0.2) is 58.7 Å². The highest BCUT2D eigenvalue weighted by Crippen LogP contribution is 2.28. The van der Waals surface area contributed by atoms with Crippen molar-refractivity contribution in [3.8, 4) is 0 Å². The van der Waals surface area contributed by atoms with Crippen LogP contribution in [0.4, 0.5) is 5.82 Å². The zero-order valence-electron chi connectivity index (χ0n) is 13.3. The van der Waals surface area contributed by atoms with Crippen LogP contribution in [0.2, 0.25) is 5.02 Å². The van der Waals surface area contributed by atoms with Gasteiger partial charge in [-0.25, -0.2) is 8.42 Å². The lowest BCUT2D eigenvalue weighted by atomic mass is 10.1. The molecule has 4 rings (SSSR count). The minimum absolute atomic E-state index is 0.127. The molecule has 130 valence electrons. The predicted molar refractivity (Wildman–Crippen MR) is 93.2 cm³/mol. The van der Waals surface area contributed by atoms with Gasteiger partial charge in [-0.2, -0.15) is 8.82 Å². The van der Waals surface area contributed by atoms with E-state index in [-0.39, 0.29) is 16.0 Å². The maximum Gasteiger partial charge on any atom is 0.244 e.